The van der Waals surface area contributed by atoms with Crippen LogP contribution in [0.4, 0.5) is 21.0 Å². The van der Waals surface area contributed by atoms with Crippen LogP contribution in [0.15, 0.2) is 54.0 Å². The van der Waals surface area contributed by atoms with Gasteiger partial charge in [0.15, 0.2) is 0 Å². The first-order chi connectivity index (χ1) is 27.8. The van der Waals surface area contributed by atoms with E-state index in [0.29, 0.717) is 22.9 Å². The van der Waals surface area contributed by atoms with E-state index in [9.17, 15) is 37.2 Å². The van der Waals surface area contributed by atoms with Crippen molar-refractivity contribution in [2.75, 3.05) is 11.9 Å². The summed E-state index contributed by atoms with van der Waals surface area (Å²) in [6.07, 6.45) is 0.715. The van der Waals surface area contributed by atoms with Crippen LogP contribution >= 0.6 is 46.4 Å². The third-order valence-corrected chi connectivity index (χ3v) is 12.5. The minimum Gasteiger partial charge on any atom is -0.444 e. The van der Waals surface area contributed by atoms with E-state index in [1.54, 1.807) is 65.8 Å². The lowest BCUT2D eigenvalue weighted by atomic mass is 9.85. The fraction of sp³-hybridized carbons (Fsp3) is 0.487. The summed E-state index contributed by atoms with van der Waals surface area (Å²) in [5.74, 6) is -2.95. The van der Waals surface area contributed by atoms with Crippen molar-refractivity contribution >= 4 is 104 Å². The minimum atomic E-state index is -3.93. The van der Waals surface area contributed by atoms with Crippen LogP contribution in [0.2, 0.25) is 20.1 Å². The van der Waals surface area contributed by atoms with Gasteiger partial charge in [-0.3, -0.25) is 24.4 Å². The Hall–Kier alpha value is -4.38. The van der Waals surface area contributed by atoms with Gasteiger partial charge < -0.3 is 25.0 Å². The van der Waals surface area contributed by atoms with Gasteiger partial charge in [-0.05, 0) is 69.7 Å². The van der Waals surface area contributed by atoms with Crippen LogP contribution in [0.1, 0.15) is 67.2 Å². The van der Waals surface area contributed by atoms with E-state index in [4.69, 9.17) is 55.9 Å². The number of nitrogens with zero attached hydrogens (tertiary/aromatic N) is 2. The van der Waals surface area contributed by atoms with Crippen LogP contribution in [-0.2, 0) is 38.7 Å². The number of hydrogen-bond acceptors (Lipinski definition) is 11. The molecule has 1 aliphatic heterocycles. The molecule has 5 amide bonds. The fourth-order valence-electron chi connectivity index (χ4n) is 6.18. The quantitative estimate of drug-likeness (QED) is 0.102. The van der Waals surface area contributed by atoms with Crippen molar-refractivity contribution in [3.05, 3.63) is 69.1 Å². The fourth-order valence-corrected chi connectivity index (χ4v) is 8.51. The van der Waals surface area contributed by atoms with Crippen molar-refractivity contribution in [3.63, 3.8) is 0 Å². The Kier molecular flexibility index (Phi) is 15.4. The monoisotopic (exact) mass is 930 g/mol. The van der Waals surface area contributed by atoms with E-state index in [0.717, 1.165) is 0 Å². The van der Waals surface area contributed by atoms with Gasteiger partial charge in [-0.2, -0.15) is 4.99 Å². The highest BCUT2D eigenvalue weighted by Gasteiger charge is 2.62. The molecular formula is C39H46Cl4N6O10S. The molecule has 0 spiro atoms. The number of nitrogens with one attached hydrogen (secondary N) is 4. The lowest BCUT2D eigenvalue weighted by molar-refractivity contribution is -0.143. The summed E-state index contributed by atoms with van der Waals surface area (Å²) in [6.45, 7) is 13.6. The summed E-state index contributed by atoms with van der Waals surface area (Å²) in [4.78, 5) is 81.7. The third-order valence-electron chi connectivity index (χ3n) is 9.43. The number of isocyanates is 1. The number of anilines is 1. The number of sulfonamides is 1. The molecule has 0 bridgehead atoms. The number of amides is 5. The third kappa shape index (κ3) is 12.4. The Morgan fingerprint density at radius 2 is 1.52 bits per heavy atom. The predicted molar refractivity (Wildman–Crippen MR) is 227 cm³/mol. The van der Waals surface area contributed by atoms with E-state index < -0.39 is 85.8 Å². The van der Waals surface area contributed by atoms with Crippen molar-refractivity contribution in [2.45, 2.75) is 102 Å². The van der Waals surface area contributed by atoms with Crippen molar-refractivity contribution in [3.8, 4) is 0 Å². The maximum atomic E-state index is 14.2. The van der Waals surface area contributed by atoms with E-state index >= 15 is 0 Å². The first-order valence-electron chi connectivity index (χ1n) is 18.6. The molecule has 16 nitrogen and oxygen atoms in total. The second-order valence-corrected chi connectivity index (χ2v) is 20.0. The smallest absolute Gasteiger partial charge is 0.412 e. The van der Waals surface area contributed by atoms with Crippen LogP contribution in [0, 0.1) is 11.3 Å². The molecule has 3 fully saturated rings. The zero-order valence-electron chi connectivity index (χ0n) is 33.6. The molecular weight excluding hydrogens is 886 g/mol. The zero-order valence-corrected chi connectivity index (χ0v) is 37.4. The van der Waals surface area contributed by atoms with Crippen molar-refractivity contribution in [1.29, 1.82) is 0 Å². The molecule has 4 N–H and O–H groups in total. The number of aliphatic imine (C=N–C) groups is 1. The maximum Gasteiger partial charge on any atom is 0.412 e. The van der Waals surface area contributed by atoms with Gasteiger partial charge in [0, 0.05) is 12.3 Å². The van der Waals surface area contributed by atoms with Crippen LogP contribution < -0.4 is 20.7 Å². The van der Waals surface area contributed by atoms with Gasteiger partial charge in [0.25, 0.3) is 5.91 Å². The van der Waals surface area contributed by atoms with Gasteiger partial charge in [0.1, 0.15) is 35.0 Å². The van der Waals surface area contributed by atoms with Gasteiger partial charge in [0.05, 0.1) is 37.6 Å². The average Bonchev–Trinajstić information content (AvgIpc) is 4.06. The zero-order chi connectivity index (χ0) is 45.0. The topological polar surface area (TPSA) is 219 Å². The van der Waals surface area contributed by atoms with Gasteiger partial charge in [-0.25, -0.2) is 22.8 Å². The second kappa shape index (κ2) is 19.1. The summed E-state index contributed by atoms with van der Waals surface area (Å²) in [6, 6.07) is 7.00. The van der Waals surface area contributed by atoms with Crippen molar-refractivity contribution < 1.29 is 46.7 Å². The molecule has 21 heteroatoms. The minimum absolute atomic E-state index is 0.0840. The molecule has 0 aromatic heterocycles. The number of rotatable bonds is 11. The van der Waals surface area contributed by atoms with Crippen LogP contribution in [0.25, 0.3) is 0 Å². The van der Waals surface area contributed by atoms with Crippen LogP contribution in [0.5, 0.6) is 0 Å². The number of hydrogen-bond donors (Lipinski definition) is 4. The summed E-state index contributed by atoms with van der Waals surface area (Å²) in [5, 5.41) is 8.08. The van der Waals surface area contributed by atoms with Gasteiger partial charge >= 0.3 is 12.2 Å². The number of halogens is 4. The molecule has 2 aromatic rings. The maximum absolute atomic E-state index is 14.2. The molecule has 1 heterocycles. The lowest BCUT2D eigenvalue weighted by Crippen LogP contribution is -2.60. The van der Waals surface area contributed by atoms with E-state index in [1.807, 2.05) is 0 Å². The summed E-state index contributed by atoms with van der Waals surface area (Å²) in [5.41, 5.74) is -3.00. The van der Waals surface area contributed by atoms with E-state index in [1.165, 1.54) is 29.2 Å². The summed E-state index contributed by atoms with van der Waals surface area (Å²) < 4.78 is 38.2. The summed E-state index contributed by atoms with van der Waals surface area (Å²) in [7, 11) is -3.93. The molecule has 60 heavy (non-hydrogen) atoms. The molecule has 0 radical (unpaired) electrons. The first kappa shape index (κ1) is 48.3. The van der Waals surface area contributed by atoms with Gasteiger partial charge in [-0.1, -0.05) is 85.4 Å². The molecule has 2 saturated carbocycles. The molecule has 2 aromatic carbocycles. The highest BCUT2D eigenvalue weighted by Crippen LogP contribution is 2.45. The van der Waals surface area contributed by atoms with Crippen LogP contribution in [-0.4, -0.2) is 90.4 Å². The first-order valence-corrected chi connectivity index (χ1v) is 21.6. The normalized spacial score (nSPS) is 21.4. The van der Waals surface area contributed by atoms with Crippen LogP contribution in [0.3, 0.4) is 0 Å². The number of ether oxygens (including phenoxy) is 2. The summed E-state index contributed by atoms with van der Waals surface area (Å²) >= 11 is 23.6. The Bertz CT molecular complexity index is 2150. The Labute approximate surface area is 368 Å². The molecule has 326 valence electrons. The average molecular weight is 933 g/mol. The molecule has 1 saturated heterocycles. The lowest BCUT2D eigenvalue weighted by Gasteiger charge is -2.36. The molecule has 5 atom stereocenters. The standard InChI is InChI=1S/C32H43Cl2N5O9S.C7H3Cl2NO/c1-8-17-15-32(17,27(42)38-49(45,46)19-12-13-19)37-25(40)22-14-18(47-28(43)35-23-20(33)10-9-11-21(23)34)16-39(22)26(41)24(30(2,3)4)36-29(44)48-31(5,6)7;8-5-2-1-3-6(9)7(5)10-4-11/h8-11,17-19,22,24H,1,12-16H2,2-7H3,(H,35,43)(H,36,44)(H,37,40)(H,38,42);1-3H/t17?,18-,22+,24-,32-;/m1./s1. The predicted octanol–water partition coefficient (Wildman–Crippen LogP) is 7.08. The van der Waals surface area contributed by atoms with Gasteiger partial charge in [-0.15, -0.1) is 6.58 Å². The van der Waals surface area contributed by atoms with Crippen molar-refractivity contribution in [2.24, 2.45) is 16.3 Å². The van der Waals surface area contributed by atoms with E-state index in [2.05, 4.69) is 32.2 Å². The SMILES string of the molecule is C=CC1C[C@]1(NC(=O)[C@@H]1C[C@@H](OC(=O)Nc2c(Cl)cccc2Cl)CN1C(=O)[C@@H](NC(=O)OC(C)(C)C)C(C)(C)C)C(=O)NS(=O)(=O)C1CC1.O=C=Nc1c(Cl)cccc1Cl. The number of carbonyl (C=O) groups is 5. The van der Waals surface area contributed by atoms with Crippen molar-refractivity contribution in [1.82, 2.24) is 20.3 Å². The largest absolute Gasteiger partial charge is 0.444 e. The number of para-hydroxylation sites is 2. The molecule has 3 aliphatic rings. The second-order valence-electron chi connectivity index (χ2n) is 16.4. The highest BCUT2D eigenvalue weighted by molar-refractivity contribution is 7.91. The number of benzene rings is 2. The molecule has 1 unspecified atom stereocenters. The van der Waals surface area contributed by atoms with Gasteiger partial charge in [0.2, 0.25) is 27.9 Å². The number of alkyl carbamates (subject to hydrolysis) is 1. The number of likely N-dealkylation sites (tertiary alicyclic amines) is 1. The Balaban J connectivity index is 0.000000624. The Morgan fingerprint density at radius 3 is 2.00 bits per heavy atom. The highest BCUT2D eigenvalue weighted by atomic mass is 35.5. The number of carbonyl (C=O) groups excluding carboxylic acids is 6. The molecule has 5 rings (SSSR count). The molecule has 2 aliphatic carbocycles. The van der Waals surface area contributed by atoms with E-state index in [-0.39, 0.29) is 40.8 Å². The Morgan fingerprint density at radius 1 is 0.950 bits per heavy atom.